The fraction of sp³-hybridized carbons (Fsp3) is 0.457. The Kier molecular flexibility index (Phi) is 13.4. The number of rotatable bonds is 15. The highest BCUT2D eigenvalue weighted by Gasteiger charge is 2.36. The summed E-state index contributed by atoms with van der Waals surface area (Å²) in [4.78, 5) is 43.0. The number of fused-ring (bicyclic) bond motifs is 1. The smallest absolute Gasteiger partial charge is 0.408 e. The number of hydrogen-bond donors (Lipinski definition) is 3. The van der Waals surface area contributed by atoms with Gasteiger partial charge < -0.3 is 25.4 Å². The van der Waals surface area contributed by atoms with Gasteiger partial charge in [-0.25, -0.2) is 4.79 Å². The number of phenols is 1. The Morgan fingerprint density at radius 3 is 2.34 bits per heavy atom. The molecule has 3 aromatic rings. The Balaban J connectivity index is 2.01. The Bertz CT molecular complexity index is 1390. The van der Waals surface area contributed by atoms with E-state index in [2.05, 4.69) is 17.6 Å². The lowest BCUT2D eigenvalue weighted by Gasteiger charge is -2.34. The van der Waals surface area contributed by atoms with Crippen molar-refractivity contribution in [3.8, 4) is 5.75 Å². The first-order valence-electron chi connectivity index (χ1n) is 15.4. The van der Waals surface area contributed by atoms with E-state index in [0.29, 0.717) is 36.4 Å². The minimum absolute atomic E-state index is 0.00726. The van der Waals surface area contributed by atoms with Crippen LogP contribution in [0.15, 0.2) is 66.7 Å². The van der Waals surface area contributed by atoms with Crippen molar-refractivity contribution < 1.29 is 24.2 Å². The van der Waals surface area contributed by atoms with E-state index in [9.17, 15) is 19.5 Å². The number of carbonyl (C=O) groups is 3. The van der Waals surface area contributed by atoms with E-state index in [-0.39, 0.29) is 11.7 Å². The molecule has 238 valence electrons. The van der Waals surface area contributed by atoms with Gasteiger partial charge in [-0.15, -0.1) is 0 Å². The van der Waals surface area contributed by atoms with Crippen molar-refractivity contribution in [1.29, 1.82) is 0 Å². The number of thioether (sulfide) groups is 1. The number of nitrogens with zero attached hydrogens (tertiary/aromatic N) is 1. The average Bonchev–Trinajstić information content (AvgIpc) is 2.97. The Labute approximate surface area is 265 Å². The van der Waals surface area contributed by atoms with Gasteiger partial charge in [0.05, 0.1) is 0 Å². The van der Waals surface area contributed by atoms with Gasteiger partial charge in [-0.05, 0) is 86.2 Å². The van der Waals surface area contributed by atoms with Gasteiger partial charge in [0, 0.05) is 12.2 Å². The van der Waals surface area contributed by atoms with Gasteiger partial charge in [0.2, 0.25) is 5.91 Å². The van der Waals surface area contributed by atoms with E-state index < -0.39 is 29.7 Å². The van der Waals surface area contributed by atoms with Crippen LogP contribution in [0.25, 0.3) is 10.8 Å². The molecule has 0 radical (unpaired) electrons. The number of alkyl carbamates (subject to hydrolysis) is 1. The fourth-order valence-corrected chi connectivity index (χ4v) is 5.51. The summed E-state index contributed by atoms with van der Waals surface area (Å²) in [6.07, 6.45) is 6.39. The number of hydrogen-bond acceptors (Lipinski definition) is 6. The lowest BCUT2D eigenvalue weighted by molar-refractivity contribution is -0.141. The maximum absolute atomic E-state index is 14.4. The zero-order chi connectivity index (χ0) is 32.1. The minimum Gasteiger partial charge on any atom is -0.508 e. The van der Waals surface area contributed by atoms with Crippen LogP contribution >= 0.6 is 11.8 Å². The highest BCUT2D eigenvalue weighted by molar-refractivity contribution is 7.98. The molecule has 0 saturated carbocycles. The maximum Gasteiger partial charge on any atom is 0.408 e. The molecule has 0 fully saturated rings. The molecule has 3 rings (SSSR count). The SMILES string of the molecule is CCCCCCCN(C(=O)C(CCSC)NC(=O)OC(C)(C)C)C(C(=O)Nc1ccc2ccccc2c1)c1cccc(O)c1. The van der Waals surface area contributed by atoms with Crippen LogP contribution in [0, 0.1) is 0 Å². The molecule has 0 bridgehead atoms. The second kappa shape index (κ2) is 16.9. The molecule has 44 heavy (non-hydrogen) atoms. The molecule has 3 amide bonds. The predicted octanol–water partition coefficient (Wildman–Crippen LogP) is 7.67. The van der Waals surface area contributed by atoms with Crippen molar-refractivity contribution in [3.05, 3.63) is 72.3 Å². The molecular formula is C35H47N3O5S. The van der Waals surface area contributed by atoms with Crippen LogP contribution in [0.4, 0.5) is 10.5 Å². The molecule has 0 aliphatic heterocycles. The third-order valence-corrected chi connectivity index (χ3v) is 7.79. The number of aromatic hydroxyl groups is 1. The van der Waals surface area contributed by atoms with Crippen molar-refractivity contribution >= 4 is 46.1 Å². The number of nitrogens with one attached hydrogen (secondary N) is 2. The second-order valence-electron chi connectivity index (χ2n) is 12.0. The van der Waals surface area contributed by atoms with Crippen molar-refractivity contribution in [2.45, 2.75) is 83.9 Å². The van der Waals surface area contributed by atoms with Gasteiger partial charge in [-0.2, -0.15) is 11.8 Å². The summed E-state index contributed by atoms with van der Waals surface area (Å²) in [7, 11) is 0. The van der Waals surface area contributed by atoms with Gasteiger partial charge in [0.25, 0.3) is 5.91 Å². The zero-order valence-electron chi connectivity index (χ0n) is 26.6. The van der Waals surface area contributed by atoms with Crippen LogP contribution in [-0.4, -0.2) is 58.1 Å². The first kappa shape index (κ1) is 34.8. The van der Waals surface area contributed by atoms with E-state index >= 15 is 0 Å². The van der Waals surface area contributed by atoms with Gasteiger partial charge in [0.1, 0.15) is 23.4 Å². The Hall–Kier alpha value is -3.72. The average molecular weight is 622 g/mol. The first-order valence-corrected chi connectivity index (χ1v) is 16.8. The molecule has 3 N–H and O–H groups in total. The summed E-state index contributed by atoms with van der Waals surface area (Å²) in [6.45, 7) is 7.75. The van der Waals surface area contributed by atoms with Crippen LogP contribution in [0.5, 0.6) is 5.75 Å². The molecular weight excluding hydrogens is 574 g/mol. The zero-order valence-corrected chi connectivity index (χ0v) is 27.4. The van der Waals surface area contributed by atoms with E-state index in [0.717, 1.165) is 36.5 Å². The van der Waals surface area contributed by atoms with Gasteiger partial charge in [-0.1, -0.05) is 75.1 Å². The van der Waals surface area contributed by atoms with Gasteiger partial charge >= 0.3 is 6.09 Å². The summed E-state index contributed by atoms with van der Waals surface area (Å²) in [5.41, 5.74) is 0.339. The summed E-state index contributed by atoms with van der Waals surface area (Å²) in [6, 6.07) is 18.0. The van der Waals surface area contributed by atoms with E-state index in [1.165, 1.54) is 12.1 Å². The van der Waals surface area contributed by atoms with Crippen molar-refractivity contribution in [1.82, 2.24) is 10.2 Å². The summed E-state index contributed by atoms with van der Waals surface area (Å²) >= 11 is 1.57. The molecule has 0 aliphatic carbocycles. The topological polar surface area (TPSA) is 108 Å². The summed E-state index contributed by atoms with van der Waals surface area (Å²) < 4.78 is 5.49. The number of anilines is 1. The highest BCUT2D eigenvalue weighted by Crippen LogP contribution is 2.29. The Morgan fingerprint density at radius 2 is 1.66 bits per heavy atom. The molecule has 0 spiro atoms. The monoisotopic (exact) mass is 621 g/mol. The quantitative estimate of drug-likeness (QED) is 0.150. The molecule has 0 aliphatic rings. The fourth-order valence-electron chi connectivity index (χ4n) is 5.04. The highest BCUT2D eigenvalue weighted by atomic mass is 32.2. The molecule has 0 aromatic heterocycles. The molecule has 0 heterocycles. The molecule has 9 heteroatoms. The standard InChI is InChI=1S/C35H47N3O5S/c1-6-7-8-9-12-21-38(33(41)30(20-22-44-5)37-34(42)43-35(2,3)4)31(27-16-13-17-29(39)24-27)32(40)36-28-19-18-25-14-10-11-15-26(25)23-28/h10-11,13-19,23-24,30-31,39H,6-9,12,20-22H2,1-5H3,(H,36,40)(H,37,42). The number of ether oxygens (including phenoxy) is 1. The number of amides is 3. The van der Waals surface area contributed by atoms with Crippen LogP contribution in [0.1, 0.15) is 77.8 Å². The van der Waals surface area contributed by atoms with E-state index in [1.807, 2.05) is 48.7 Å². The number of carbonyl (C=O) groups excluding carboxylic acids is 3. The van der Waals surface area contributed by atoms with Crippen molar-refractivity contribution in [3.63, 3.8) is 0 Å². The van der Waals surface area contributed by atoms with Gasteiger partial charge in [0.15, 0.2) is 0 Å². The Morgan fingerprint density at radius 1 is 0.932 bits per heavy atom. The van der Waals surface area contributed by atoms with Gasteiger partial charge in [-0.3, -0.25) is 9.59 Å². The van der Waals surface area contributed by atoms with Crippen molar-refractivity contribution in [2.24, 2.45) is 0 Å². The third-order valence-electron chi connectivity index (χ3n) is 7.15. The number of benzene rings is 3. The molecule has 3 aromatic carbocycles. The first-order chi connectivity index (χ1) is 21.0. The molecule has 0 saturated heterocycles. The predicted molar refractivity (Wildman–Crippen MR) is 180 cm³/mol. The van der Waals surface area contributed by atoms with E-state index in [4.69, 9.17) is 4.74 Å². The third kappa shape index (κ3) is 10.8. The number of phenolic OH excluding ortho intramolecular Hbond substituents is 1. The van der Waals surface area contributed by atoms with Crippen LogP contribution in [0.2, 0.25) is 0 Å². The lowest BCUT2D eigenvalue weighted by Crippen LogP contribution is -2.52. The van der Waals surface area contributed by atoms with Crippen molar-refractivity contribution in [2.75, 3.05) is 23.9 Å². The molecule has 2 unspecified atom stereocenters. The van der Waals surface area contributed by atoms with Crippen LogP contribution in [-0.2, 0) is 14.3 Å². The maximum atomic E-state index is 14.4. The summed E-state index contributed by atoms with van der Waals surface area (Å²) in [5.74, 6) is -0.167. The molecule has 2 atom stereocenters. The largest absolute Gasteiger partial charge is 0.508 e. The second-order valence-corrected chi connectivity index (χ2v) is 13.0. The lowest BCUT2D eigenvalue weighted by atomic mass is 10.0. The number of unbranched alkanes of at least 4 members (excludes halogenated alkanes) is 4. The van der Waals surface area contributed by atoms with Crippen LogP contribution < -0.4 is 10.6 Å². The minimum atomic E-state index is -1.05. The summed E-state index contributed by atoms with van der Waals surface area (Å²) in [5, 5.41) is 18.2. The molecule has 8 nitrogen and oxygen atoms in total. The van der Waals surface area contributed by atoms with E-state index in [1.54, 1.807) is 49.6 Å². The van der Waals surface area contributed by atoms with Crippen LogP contribution in [0.3, 0.4) is 0 Å². The normalized spacial score (nSPS) is 12.8.